The summed E-state index contributed by atoms with van der Waals surface area (Å²) in [5.41, 5.74) is 1.78. The van der Waals surface area contributed by atoms with Gasteiger partial charge in [0.05, 0.1) is 11.1 Å². The summed E-state index contributed by atoms with van der Waals surface area (Å²) in [6.07, 6.45) is 0.321. The smallest absolute Gasteiger partial charge is 0.261 e. The molecule has 6 heteroatoms. The summed E-state index contributed by atoms with van der Waals surface area (Å²) in [5.74, 6) is -1.36. The van der Waals surface area contributed by atoms with Crippen LogP contribution in [-0.2, 0) is 0 Å². The first-order chi connectivity index (χ1) is 14.1. The number of benzene rings is 3. The van der Waals surface area contributed by atoms with Crippen LogP contribution in [0.15, 0.2) is 60.7 Å². The van der Waals surface area contributed by atoms with Crippen molar-refractivity contribution in [3.05, 3.63) is 82.9 Å². The van der Waals surface area contributed by atoms with Crippen molar-refractivity contribution in [2.24, 2.45) is 0 Å². The number of rotatable bonds is 4. The SMILES string of the molecule is O=C1c2ccccc2C(=O)N1CCCN1C(=O)c2cccc3cccc(c23)C1=O. The van der Waals surface area contributed by atoms with Crippen molar-refractivity contribution in [1.29, 1.82) is 0 Å². The third-order valence-electron chi connectivity index (χ3n) is 5.50. The minimum atomic E-state index is -0.346. The lowest BCUT2D eigenvalue weighted by Gasteiger charge is -2.27. The van der Waals surface area contributed by atoms with E-state index in [0.29, 0.717) is 34.1 Å². The fourth-order valence-electron chi connectivity index (χ4n) is 4.11. The lowest BCUT2D eigenvalue weighted by molar-refractivity contribution is 0.0596. The van der Waals surface area contributed by atoms with Gasteiger partial charge in [-0.2, -0.15) is 0 Å². The molecule has 29 heavy (non-hydrogen) atoms. The average molecular weight is 384 g/mol. The van der Waals surface area contributed by atoms with Crippen LogP contribution < -0.4 is 0 Å². The average Bonchev–Trinajstić information content (AvgIpc) is 2.99. The number of hydrogen-bond acceptors (Lipinski definition) is 4. The Labute approximate surface area is 166 Å². The second-order valence-electron chi connectivity index (χ2n) is 7.13. The third-order valence-corrected chi connectivity index (χ3v) is 5.50. The van der Waals surface area contributed by atoms with E-state index in [-0.39, 0.29) is 36.7 Å². The molecular formula is C23H16N2O4. The third kappa shape index (κ3) is 2.49. The van der Waals surface area contributed by atoms with E-state index in [1.165, 1.54) is 9.80 Å². The quantitative estimate of drug-likeness (QED) is 0.648. The lowest BCUT2D eigenvalue weighted by atomic mass is 9.94. The number of hydrogen-bond donors (Lipinski definition) is 0. The minimum absolute atomic E-state index is 0.135. The molecule has 4 amide bonds. The molecule has 2 heterocycles. The number of nitrogens with zero attached hydrogens (tertiary/aromatic N) is 2. The Kier molecular flexibility index (Phi) is 3.81. The van der Waals surface area contributed by atoms with Crippen LogP contribution in [-0.4, -0.2) is 46.5 Å². The van der Waals surface area contributed by atoms with Crippen LogP contribution in [0, 0.1) is 0 Å². The van der Waals surface area contributed by atoms with Crippen molar-refractivity contribution in [3.63, 3.8) is 0 Å². The van der Waals surface area contributed by atoms with Gasteiger partial charge in [0, 0.05) is 29.6 Å². The first-order valence-corrected chi connectivity index (χ1v) is 9.41. The second-order valence-corrected chi connectivity index (χ2v) is 7.13. The zero-order valence-electron chi connectivity index (χ0n) is 15.4. The topological polar surface area (TPSA) is 74.8 Å². The Bertz CT molecular complexity index is 1140. The summed E-state index contributed by atoms with van der Waals surface area (Å²) in [5, 5.41) is 1.54. The Morgan fingerprint density at radius 1 is 0.517 bits per heavy atom. The Morgan fingerprint density at radius 3 is 1.41 bits per heavy atom. The number of carbonyl (C=O) groups is 4. The van der Waals surface area contributed by atoms with E-state index in [2.05, 4.69) is 0 Å². The van der Waals surface area contributed by atoms with Crippen molar-refractivity contribution in [2.45, 2.75) is 6.42 Å². The number of amides is 4. The summed E-state index contributed by atoms with van der Waals surface area (Å²) in [4.78, 5) is 53.1. The molecule has 6 nitrogen and oxygen atoms in total. The molecular weight excluding hydrogens is 368 g/mol. The van der Waals surface area contributed by atoms with Crippen molar-refractivity contribution in [1.82, 2.24) is 9.80 Å². The van der Waals surface area contributed by atoms with Crippen molar-refractivity contribution >= 4 is 34.4 Å². The summed E-state index contributed by atoms with van der Waals surface area (Å²) >= 11 is 0. The minimum Gasteiger partial charge on any atom is -0.274 e. The fraction of sp³-hybridized carbons (Fsp3) is 0.130. The molecule has 5 rings (SSSR count). The van der Waals surface area contributed by atoms with E-state index in [4.69, 9.17) is 0 Å². The zero-order chi connectivity index (χ0) is 20.1. The molecule has 0 unspecified atom stereocenters. The molecule has 3 aromatic carbocycles. The second kappa shape index (κ2) is 6.38. The van der Waals surface area contributed by atoms with E-state index >= 15 is 0 Å². The highest BCUT2D eigenvalue weighted by atomic mass is 16.2. The van der Waals surface area contributed by atoms with E-state index < -0.39 is 0 Å². The van der Waals surface area contributed by atoms with Gasteiger partial charge in [0.15, 0.2) is 0 Å². The normalized spacial score (nSPS) is 15.4. The molecule has 0 bridgehead atoms. The van der Waals surface area contributed by atoms with Gasteiger partial charge >= 0.3 is 0 Å². The highest BCUT2D eigenvalue weighted by Crippen LogP contribution is 2.30. The molecule has 0 fully saturated rings. The van der Waals surface area contributed by atoms with Crippen LogP contribution in [0.5, 0.6) is 0 Å². The number of carbonyl (C=O) groups excluding carboxylic acids is 4. The van der Waals surface area contributed by atoms with Gasteiger partial charge in [0.2, 0.25) is 0 Å². The molecule has 0 N–H and O–H groups in total. The van der Waals surface area contributed by atoms with E-state index in [1.807, 2.05) is 12.1 Å². The van der Waals surface area contributed by atoms with Crippen molar-refractivity contribution in [2.75, 3.05) is 13.1 Å². The van der Waals surface area contributed by atoms with Crippen LogP contribution in [0.2, 0.25) is 0 Å². The van der Waals surface area contributed by atoms with E-state index in [9.17, 15) is 19.2 Å². The van der Waals surface area contributed by atoms with Gasteiger partial charge < -0.3 is 0 Å². The summed E-state index contributed by atoms with van der Waals surface area (Å²) < 4.78 is 0. The Hall–Kier alpha value is -3.80. The fourth-order valence-corrected chi connectivity index (χ4v) is 4.11. The molecule has 0 aliphatic carbocycles. The van der Waals surface area contributed by atoms with Crippen LogP contribution >= 0.6 is 0 Å². The van der Waals surface area contributed by atoms with Crippen LogP contribution in [0.25, 0.3) is 10.8 Å². The summed E-state index contributed by atoms with van der Waals surface area (Å²) in [6.45, 7) is 0.283. The maximum Gasteiger partial charge on any atom is 0.261 e. The molecule has 2 aliphatic heterocycles. The maximum atomic E-state index is 12.9. The first kappa shape index (κ1) is 17.3. The van der Waals surface area contributed by atoms with Gasteiger partial charge in [-0.15, -0.1) is 0 Å². The van der Waals surface area contributed by atoms with Gasteiger partial charge in [0.1, 0.15) is 0 Å². The molecule has 0 radical (unpaired) electrons. The highest BCUT2D eigenvalue weighted by molar-refractivity contribution is 6.25. The van der Waals surface area contributed by atoms with Gasteiger partial charge in [-0.05, 0) is 36.1 Å². The molecule has 142 valence electrons. The number of imide groups is 2. The van der Waals surface area contributed by atoms with Crippen LogP contribution in [0.1, 0.15) is 47.9 Å². The predicted molar refractivity (Wildman–Crippen MR) is 106 cm³/mol. The van der Waals surface area contributed by atoms with Crippen molar-refractivity contribution in [3.8, 4) is 0 Å². The highest BCUT2D eigenvalue weighted by Gasteiger charge is 2.36. The lowest BCUT2D eigenvalue weighted by Crippen LogP contribution is -2.42. The molecule has 3 aromatic rings. The zero-order valence-corrected chi connectivity index (χ0v) is 15.4. The van der Waals surface area contributed by atoms with Crippen molar-refractivity contribution < 1.29 is 19.2 Å². The molecule has 0 saturated carbocycles. The molecule has 0 saturated heterocycles. The Morgan fingerprint density at radius 2 is 0.931 bits per heavy atom. The largest absolute Gasteiger partial charge is 0.274 e. The predicted octanol–water partition coefficient (Wildman–Crippen LogP) is 3.12. The summed E-state index contributed by atoms with van der Waals surface area (Å²) in [6, 6.07) is 17.5. The monoisotopic (exact) mass is 384 g/mol. The molecule has 0 atom stereocenters. The Balaban J connectivity index is 1.35. The van der Waals surface area contributed by atoms with Gasteiger partial charge in [-0.25, -0.2) is 0 Å². The van der Waals surface area contributed by atoms with Gasteiger partial charge in [0.25, 0.3) is 23.6 Å². The standard InChI is InChI=1S/C23H16N2O4/c26-20-15-8-1-2-9-16(15)21(27)24(20)12-5-13-25-22(28)17-10-3-6-14-7-4-11-18(19(14)17)23(25)29/h1-4,6-11H,5,12-13H2. The van der Waals surface area contributed by atoms with E-state index in [1.54, 1.807) is 48.5 Å². The first-order valence-electron chi connectivity index (χ1n) is 9.41. The van der Waals surface area contributed by atoms with Gasteiger partial charge in [-0.1, -0.05) is 36.4 Å². The molecule has 0 spiro atoms. The number of fused-ring (bicyclic) bond motifs is 1. The maximum absolute atomic E-state index is 12.9. The van der Waals surface area contributed by atoms with Crippen LogP contribution in [0.4, 0.5) is 0 Å². The van der Waals surface area contributed by atoms with Crippen LogP contribution in [0.3, 0.4) is 0 Å². The van der Waals surface area contributed by atoms with Gasteiger partial charge in [-0.3, -0.25) is 29.0 Å². The molecule has 2 aliphatic rings. The molecule has 0 aromatic heterocycles. The van der Waals surface area contributed by atoms with E-state index in [0.717, 1.165) is 5.39 Å². The summed E-state index contributed by atoms with van der Waals surface area (Å²) in [7, 11) is 0.